The van der Waals surface area contributed by atoms with E-state index in [9.17, 15) is 9.59 Å². The largest absolute Gasteiger partial charge is 0.469 e. The highest BCUT2D eigenvalue weighted by atomic mass is 16.5. The summed E-state index contributed by atoms with van der Waals surface area (Å²) in [7, 11) is 1.50. The SMILES string of the molecule is CC(=O)OCC1C[C@H]2C[C@@H]1C(C)C2C.COC(=O)C1C[C@H]2C[C@@H]1C(C)C2C. The van der Waals surface area contributed by atoms with E-state index in [-0.39, 0.29) is 17.9 Å². The standard InChI is InChI=1S/C12H20O2.C11H18O2/c1-7-8(2)12-5-10(7)4-11(12)6-14-9(3)13;1-6-7(2)9-4-8(6)5-10(9)11(12)13-3/h7-8,10-12H,4-6H2,1-3H3;6-10H,4-5H2,1-3H3/t7?,8?,10-,11?,12+;6?,7?,8-,9-,10?/m01/s1. The van der Waals surface area contributed by atoms with Gasteiger partial charge >= 0.3 is 11.9 Å². The predicted octanol–water partition coefficient (Wildman–Crippen LogP) is 4.57. The molecule has 0 N–H and O–H groups in total. The van der Waals surface area contributed by atoms with Crippen LogP contribution in [0.1, 0.15) is 60.3 Å². The van der Waals surface area contributed by atoms with Crippen LogP contribution in [0.2, 0.25) is 0 Å². The molecule has 0 radical (unpaired) electrons. The van der Waals surface area contributed by atoms with E-state index in [1.165, 1.54) is 33.3 Å². The number of esters is 2. The fraction of sp³-hybridized carbons (Fsp3) is 0.913. The van der Waals surface area contributed by atoms with Gasteiger partial charge in [-0.2, -0.15) is 0 Å². The summed E-state index contributed by atoms with van der Waals surface area (Å²) in [5.74, 6) is 7.08. The van der Waals surface area contributed by atoms with Gasteiger partial charge in [-0.15, -0.1) is 0 Å². The maximum Gasteiger partial charge on any atom is 0.308 e. The van der Waals surface area contributed by atoms with Gasteiger partial charge in [0.2, 0.25) is 0 Å². The highest BCUT2D eigenvalue weighted by molar-refractivity contribution is 5.73. The Morgan fingerprint density at radius 2 is 1.37 bits per heavy atom. The first-order chi connectivity index (χ1) is 12.7. The number of methoxy groups -OCH3 is 1. The van der Waals surface area contributed by atoms with Gasteiger partial charge in [0.1, 0.15) is 0 Å². The topological polar surface area (TPSA) is 52.6 Å². The molecule has 154 valence electrons. The molecule has 10 atom stereocenters. The maximum absolute atomic E-state index is 11.4. The molecule has 0 heterocycles. The van der Waals surface area contributed by atoms with E-state index in [4.69, 9.17) is 9.47 Å². The minimum Gasteiger partial charge on any atom is -0.469 e. The van der Waals surface area contributed by atoms with Gasteiger partial charge in [0.05, 0.1) is 19.6 Å². The van der Waals surface area contributed by atoms with Crippen LogP contribution in [0, 0.1) is 59.2 Å². The molecule has 27 heavy (non-hydrogen) atoms. The molecule has 4 saturated carbocycles. The van der Waals surface area contributed by atoms with E-state index in [0.29, 0.717) is 24.4 Å². The summed E-state index contributed by atoms with van der Waals surface area (Å²) >= 11 is 0. The molecule has 0 aromatic heterocycles. The first-order valence-corrected chi connectivity index (χ1v) is 11.0. The van der Waals surface area contributed by atoms with Gasteiger partial charge in [-0.3, -0.25) is 9.59 Å². The lowest BCUT2D eigenvalue weighted by atomic mass is 9.76. The highest BCUT2D eigenvalue weighted by Crippen LogP contribution is 2.55. The summed E-state index contributed by atoms with van der Waals surface area (Å²) in [6, 6.07) is 0. The number of fused-ring (bicyclic) bond motifs is 4. The first-order valence-electron chi connectivity index (χ1n) is 11.0. The quantitative estimate of drug-likeness (QED) is 0.675. The second-order valence-corrected chi connectivity index (χ2v) is 9.92. The second kappa shape index (κ2) is 8.13. The Morgan fingerprint density at radius 1 is 0.815 bits per heavy atom. The van der Waals surface area contributed by atoms with E-state index in [2.05, 4.69) is 27.7 Å². The van der Waals surface area contributed by atoms with Gasteiger partial charge in [-0.1, -0.05) is 27.7 Å². The van der Waals surface area contributed by atoms with Crippen LogP contribution in [0.3, 0.4) is 0 Å². The first kappa shape index (κ1) is 20.7. The molecule has 0 aliphatic heterocycles. The van der Waals surface area contributed by atoms with Crippen molar-refractivity contribution in [1.29, 1.82) is 0 Å². The van der Waals surface area contributed by atoms with E-state index < -0.39 is 0 Å². The van der Waals surface area contributed by atoms with Crippen LogP contribution in [-0.4, -0.2) is 25.7 Å². The number of ether oxygens (including phenoxy) is 2. The lowest BCUT2D eigenvalue weighted by molar-refractivity contribution is -0.148. The summed E-state index contributed by atoms with van der Waals surface area (Å²) in [6.45, 7) is 11.5. The number of rotatable bonds is 3. The molecule has 4 aliphatic carbocycles. The highest BCUT2D eigenvalue weighted by Gasteiger charge is 2.51. The minimum absolute atomic E-state index is 0.0197. The minimum atomic E-state index is -0.131. The Balaban J connectivity index is 0.000000156. The number of carbonyl (C=O) groups is 2. The number of carbonyl (C=O) groups excluding carboxylic acids is 2. The zero-order valence-electron chi connectivity index (χ0n) is 17.9. The monoisotopic (exact) mass is 378 g/mol. The van der Waals surface area contributed by atoms with Crippen molar-refractivity contribution in [3.05, 3.63) is 0 Å². The smallest absolute Gasteiger partial charge is 0.308 e. The fourth-order valence-electron chi connectivity index (χ4n) is 6.87. The number of hydrogen-bond acceptors (Lipinski definition) is 4. The Hall–Kier alpha value is -1.06. The van der Waals surface area contributed by atoms with Crippen LogP contribution in [0.25, 0.3) is 0 Å². The molecule has 6 unspecified atom stereocenters. The van der Waals surface area contributed by atoms with Crippen molar-refractivity contribution in [3.8, 4) is 0 Å². The van der Waals surface area contributed by atoms with E-state index in [1.807, 2.05) is 0 Å². The zero-order valence-corrected chi connectivity index (χ0v) is 17.9. The van der Waals surface area contributed by atoms with Crippen molar-refractivity contribution in [2.75, 3.05) is 13.7 Å². The van der Waals surface area contributed by atoms with Crippen LogP contribution in [0.4, 0.5) is 0 Å². The molecule has 4 bridgehead atoms. The average molecular weight is 379 g/mol. The van der Waals surface area contributed by atoms with Crippen molar-refractivity contribution in [1.82, 2.24) is 0 Å². The molecular weight excluding hydrogens is 340 g/mol. The summed E-state index contributed by atoms with van der Waals surface area (Å²) in [5, 5.41) is 0. The van der Waals surface area contributed by atoms with Crippen molar-refractivity contribution < 1.29 is 19.1 Å². The van der Waals surface area contributed by atoms with Gasteiger partial charge in [0, 0.05) is 6.92 Å². The predicted molar refractivity (Wildman–Crippen MR) is 105 cm³/mol. The molecular formula is C23H38O4. The Kier molecular flexibility index (Phi) is 6.22. The van der Waals surface area contributed by atoms with Gasteiger partial charge in [0.15, 0.2) is 0 Å². The van der Waals surface area contributed by atoms with E-state index in [1.54, 1.807) is 0 Å². The van der Waals surface area contributed by atoms with Crippen LogP contribution < -0.4 is 0 Å². The molecule has 0 saturated heterocycles. The molecule has 4 fully saturated rings. The Labute approximate surface area is 164 Å². The molecule has 0 aromatic rings. The third-order valence-electron chi connectivity index (χ3n) is 8.94. The summed E-state index contributed by atoms with van der Waals surface area (Å²) < 4.78 is 9.95. The third-order valence-corrected chi connectivity index (χ3v) is 8.94. The van der Waals surface area contributed by atoms with Crippen LogP contribution >= 0.6 is 0 Å². The van der Waals surface area contributed by atoms with Crippen molar-refractivity contribution in [2.24, 2.45) is 59.2 Å². The van der Waals surface area contributed by atoms with Gasteiger partial charge in [0.25, 0.3) is 0 Å². The van der Waals surface area contributed by atoms with Gasteiger partial charge in [-0.25, -0.2) is 0 Å². The van der Waals surface area contributed by atoms with Crippen LogP contribution in [0.5, 0.6) is 0 Å². The Bertz CT molecular complexity index is 555. The zero-order chi connectivity index (χ0) is 19.9. The lowest BCUT2D eigenvalue weighted by Gasteiger charge is -2.31. The average Bonchev–Trinajstić information content (AvgIpc) is 3.38. The number of hydrogen-bond donors (Lipinski definition) is 0. The molecule has 0 spiro atoms. The third kappa shape index (κ3) is 3.91. The summed E-state index contributed by atoms with van der Waals surface area (Å²) in [6.07, 6.45) is 4.97. The Morgan fingerprint density at radius 3 is 1.81 bits per heavy atom. The van der Waals surface area contributed by atoms with Crippen molar-refractivity contribution in [3.63, 3.8) is 0 Å². The van der Waals surface area contributed by atoms with E-state index >= 15 is 0 Å². The second-order valence-electron chi connectivity index (χ2n) is 9.92. The van der Waals surface area contributed by atoms with Crippen LogP contribution in [-0.2, 0) is 19.1 Å². The summed E-state index contributed by atoms with van der Waals surface area (Å²) in [4.78, 5) is 22.2. The van der Waals surface area contributed by atoms with E-state index in [0.717, 1.165) is 41.9 Å². The van der Waals surface area contributed by atoms with Crippen molar-refractivity contribution in [2.45, 2.75) is 60.3 Å². The maximum atomic E-state index is 11.4. The molecule has 4 rings (SSSR count). The van der Waals surface area contributed by atoms with Crippen molar-refractivity contribution >= 4 is 11.9 Å². The van der Waals surface area contributed by atoms with Gasteiger partial charge < -0.3 is 9.47 Å². The summed E-state index contributed by atoms with van der Waals surface area (Å²) in [5.41, 5.74) is 0. The molecule has 4 nitrogen and oxygen atoms in total. The molecule has 4 aliphatic rings. The normalized spacial score (nSPS) is 46.7. The molecule has 0 amide bonds. The van der Waals surface area contributed by atoms with Crippen LogP contribution in [0.15, 0.2) is 0 Å². The molecule has 0 aromatic carbocycles. The fourth-order valence-corrected chi connectivity index (χ4v) is 6.87. The molecule has 4 heteroatoms. The van der Waals surface area contributed by atoms with Gasteiger partial charge in [-0.05, 0) is 78.9 Å². The lowest BCUT2D eigenvalue weighted by Crippen LogP contribution is -2.30.